The lowest BCUT2D eigenvalue weighted by Crippen LogP contribution is -2.43. The number of pyridine rings is 1. The van der Waals surface area contributed by atoms with E-state index in [2.05, 4.69) is 4.98 Å². The number of ether oxygens (including phenoxy) is 3. The molecule has 0 N–H and O–H groups in total. The van der Waals surface area contributed by atoms with E-state index >= 15 is 0 Å². The van der Waals surface area contributed by atoms with Crippen LogP contribution in [0, 0.1) is 12.7 Å². The second kappa shape index (κ2) is 10.2. The summed E-state index contributed by atoms with van der Waals surface area (Å²) in [6.45, 7) is 2.24. The van der Waals surface area contributed by atoms with Crippen molar-refractivity contribution >= 4 is 17.6 Å². The number of carbonyl (C=O) groups excluding carboxylic acids is 1. The lowest BCUT2D eigenvalue weighted by atomic mass is 10.2. The van der Waals surface area contributed by atoms with Gasteiger partial charge >= 0.3 is 18.0 Å². The van der Waals surface area contributed by atoms with E-state index in [1.807, 2.05) is 0 Å². The molecule has 0 bridgehead atoms. The second-order valence-electron chi connectivity index (χ2n) is 6.81. The normalized spacial score (nSPS) is 11.3. The predicted molar refractivity (Wildman–Crippen MR) is 114 cm³/mol. The minimum absolute atomic E-state index is 0.0166. The van der Waals surface area contributed by atoms with Gasteiger partial charge in [-0.05, 0) is 32.0 Å². The number of aromatic nitrogens is 3. The fourth-order valence-electron chi connectivity index (χ4n) is 2.85. The van der Waals surface area contributed by atoms with E-state index in [1.54, 1.807) is 6.92 Å². The maximum absolute atomic E-state index is 14.7. The molecular weight excluding hydrogens is 502 g/mol. The number of aryl methyl sites for hydroxylation is 1. The largest absolute Gasteiger partial charge is 0.492 e. The standard InChI is InChI=1S/C21H16ClF4N3O6/c1-3-33-17(30)10-34-18-15(5-4-6-27-18)35-16-8-14(13(23)7-12(16)22)29-19(31)11(2)9-28(20(29)32)21(24,25)26/h4-9H,3,10H2,1-2H3. The Kier molecular flexibility index (Phi) is 7.48. The highest BCUT2D eigenvalue weighted by Crippen LogP contribution is 2.36. The molecule has 2 heterocycles. The lowest BCUT2D eigenvalue weighted by Gasteiger charge is -2.16. The highest BCUT2D eigenvalue weighted by molar-refractivity contribution is 6.32. The number of hydrogen-bond acceptors (Lipinski definition) is 7. The first kappa shape index (κ1) is 25.7. The maximum atomic E-state index is 14.7. The molecule has 0 fully saturated rings. The molecular formula is C21H16ClF4N3O6. The summed E-state index contributed by atoms with van der Waals surface area (Å²) in [5.74, 6) is -2.59. The van der Waals surface area contributed by atoms with Crippen LogP contribution in [0.1, 0.15) is 12.5 Å². The summed E-state index contributed by atoms with van der Waals surface area (Å²) in [5, 5.41) is -0.344. The van der Waals surface area contributed by atoms with Gasteiger partial charge in [-0.3, -0.25) is 4.79 Å². The SMILES string of the molecule is CCOC(=O)COc1ncccc1Oc1cc(-n2c(=O)c(C)cn(C(F)(F)F)c2=O)c(F)cc1Cl. The molecule has 3 aromatic rings. The Bertz CT molecular complexity index is 1390. The van der Waals surface area contributed by atoms with Crippen molar-refractivity contribution in [3.63, 3.8) is 0 Å². The van der Waals surface area contributed by atoms with E-state index in [4.69, 9.17) is 25.8 Å². The molecule has 9 nitrogen and oxygen atoms in total. The molecule has 0 atom stereocenters. The fraction of sp³-hybridized carbons (Fsp3) is 0.238. The van der Waals surface area contributed by atoms with Gasteiger partial charge in [0.1, 0.15) is 11.6 Å². The van der Waals surface area contributed by atoms with Crippen LogP contribution in [0.15, 0.2) is 46.2 Å². The van der Waals surface area contributed by atoms with Gasteiger partial charge in [-0.15, -0.1) is 13.2 Å². The smallest absolute Gasteiger partial charge is 0.463 e. The maximum Gasteiger partial charge on any atom is 0.492 e. The number of hydrogen-bond donors (Lipinski definition) is 0. The van der Waals surface area contributed by atoms with Crippen molar-refractivity contribution in [1.82, 2.24) is 14.1 Å². The Morgan fingerprint density at radius 3 is 2.57 bits per heavy atom. The van der Waals surface area contributed by atoms with Crippen molar-refractivity contribution in [2.45, 2.75) is 20.1 Å². The number of benzene rings is 1. The Morgan fingerprint density at radius 2 is 1.91 bits per heavy atom. The van der Waals surface area contributed by atoms with E-state index in [1.165, 1.54) is 18.3 Å². The van der Waals surface area contributed by atoms with Crippen LogP contribution in [0.3, 0.4) is 0 Å². The summed E-state index contributed by atoms with van der Waals surface area (Å²) in [4.78, 5) is 40.4. The highest BCUT2D eigenvalue weighted by Gasteiger charge is 2.34. The minimum atomic E-state index is -5.17. The zero-order chi connectivity index (χ0) is 25.9. The number of rotatable bonds is 7. The summed E-state index contributed by atoms with van der Waals surface area (Å²) in [6.07, 6.45) is -3.54. The van der Waals surface area contributed by atoms with E-state index in [0.717, 1.165) is 13.0 Å². The van der Waals surface area contributed by atoms with Crippen molar-refractivity contribution < 1.29 is 36.6 Å². The molecule has 3 rings (SSSR count). The van der Waals surface area contributed by atoms with Gasteiger partial charge < -0.3 is 14.2 Å². The van der Waals surface area contributed by atoms with Gasteiger partial charge in [0.2, 0.25) is 0 Å². The molecule has 14 heteroatoms. The molecule has 0 saturated heterocycles. The van der Waals surface area contributed by atoms with E-state index in [-0.39, 0.29) is 33.6 Å². The third-order valence-corrected chi connectivity index (χ3v) is 4.66. The van der Waals surface area contributed by atoms with Gasteiger partial charge in [-0.1, -0.05) is 11.6 Å². The quantitative estimate of drug-likeness (QED) is 0.348. The Labute approximate surface area is 199 Å². The lowest BCUT2D eigenvalue weighted by molar-refractivity contribution is -0.207. The average Bonchev–Trinajstić information content (AvgIpc) is 2.78. The van der Waals surface area contributed by atoms with Gasteiger partial charge in [0.25, 0.3) is 11.4 Å². The summed E-state index contributed by atoms with van der Waals surface area (Å²) in [7, 11) is 0. The van der Waals surface area contributed by atoms with Gasteiger partial charge in [0.05, 0.1) is 17.3 Å². The van der Waals surface area contributed by atoms with Gasteiger partial charge in [0.15, 0.2) is 12.4 Å². The zero-order valence-electron chi connectivity index (χ0n) is 18.1. The first-order valence-corrected chi connectivity index (χ1v) is 10.1. The minimum Gasteiger partial charge on any atom is -0.463 e. The molecule has 1 aromatic carbocycles. The summed E-state index contributed by atoms with van der Waals surface area (Å²) >= 11 is 6.02. The van der Waals surface area contributed by atoms with Crippen molar-refractivity contribution in [1.29, 1.82) is 0 Å². The van der Waals surface area contributed by atoms with E-state index in [9.17, 15) is 31.9 Å². The first-order valence-electron chi connectivity index (χ1n) is 9.77. The molecule has 0 spiro atoms. The third kappa shape index (κ3) is 5.62. The third-order valence-electron chi connectivity index (χ3n) is 4.36. The van der Waals surface area contributed by atoms with Gasteiger partial charge in [-0.25, -0.2) is 28.1 Å². The van der Waals surface area contributed by atoms with Crippen LogP contribution in [-0.2, 0) is 15.8 Å². The molecule has 186 valence electrons. The van der Waals surface area contributed by atoms with Crippen molar-refractivity contribution in [2.75, 3.05) is 13.2 Å². The van der Waals surface area contributed by atoms with E-state index in [0.29, 0.717) is 12.3 Å². The summed E-state index contributed by atoms with van der Waals surface area (Å²) in [6, 6.07) is 4.22. The topological polar surface area (TPSA) is 102 Å². The molecule has 0 aliphatic rings. The number of alkyl halides is 3. The van der Waals surface area contributed by atoms with Crippen LogP contribution in [0.4, 0.5) is 17.6 Å². The number of carbonyl (C=O) groups is 1. The molecule has 0 aliphatic carbocycles. The fourth-order valence-corrected chi connectivity index (χ4v) is 3.04. The summed E-state index contributed by atoms with van der Waals surface area (Å²) < 4.78 is 69.4. The molecule has 2 aromatic heterocycles. The molecule has 35 heavy (non-hydrogen) atoms. The van der Waals surface area contributed by atoms with Crippen LogP contribution in [0.5, 0.6) is 17.4 Å². The predicted octanol–water partition coefficient (Wildman–Crippen LogP) is 3.71. The Morgan fingerprint density at radius 1 is 1.20 bits per heavy atom. The average molecular weight is 518 g/mol. The van der Waals surface area contributed by atoms with Crippen LogP contribution in [0.2, 0.25) is 5.02 Å². The van der Waals surface area contributed by atoms with Gasteiger partial charge in [0, 0.05) is 24.0 Å². The van der Waals surface area contributed by atoms with Crippen molar-refractivity contribution in [3.8, 4) is 23.1 Å². The number of nitrogens with zero attached hydrogens (tertiary/aromatic N) is 3. The molecule has 0 radical (unpaired) electrons. The van der Waals surface area contributed by atoms with Gasteiger partial charge in [-0.2, -0.15) is 0 Å². The zero-order valence-corrected chi connectivity index (χ0v) is 18.8. The molecule has 0 amide bonds. The Hall–Kier alpha value is -3.87. The van der Waals surface area contributed by atoms with Crippen LogP contribution in [0.25, 0.3) is 5.69 Å². The van der Waals surface area contributed by atoms with Crippen LogP contribution < -0.4 is 20.7 Å². The number of esters is 1. The summed E-state index contributed by atoms with van der Waals surface area (Å²) in [5.41, 5.74) is -4.33. The van der Waals surface area contributed by atoms with Crippen molar-refractivity contribution in [2.24, 2.45) is 0 Å². The van der Waals surface area contributed by atoms with Crippen molar-refractivity contribution in [3.05, 3.63) is 73.9 Å². The number of halogens is 5. The Balaban J connectivity index is 2.08. The second-order valence-corrected chi connectivity index (χ2v) is 7.22. The van der Waals surface area contributed by atoms with Crippen LogP contribution in [-0.4, -0.2) is 33.3 Å². The molecule has 0 aliphatic heterocycles. The highest BCUT2D eigenvalue weighted by atomic mass is 35.5. The van der Waals surface area contributed by atoms with E-state index < -0.39 is 51.8 Å². The van der Waals surface area contributed by atoms with Crippen LogP contribution >= 0.6 is 11.6 Å². The first-order chi connectivity index (χ1) is 16.4. The monoisotopic (exact) mass is 517 g/mol. The molecule has 0 saturated carbocycles. The molecule has 0 unspecified atom stereocenters.